The van der Waals surface area contributed by atoms with Crippen molar-refractivity contribution in [1.29, 1.82) is 0 Å². The van der Waals surface area contributed by atoms with Crippen molar-refractivity contribution in [2.24, 2.45) is 5.92 Å². The van der Waals surface area contributed by atoms with Crippen LogP contribution in [-0.4, -0.2) is 12.6 Å². The molecule has 0 aliphatic carbocycles. The zero-order chi connectivity index (χ0) is 10.8. The molecule has 0 aromatic carbocycles. The lowest BCUT2D eigenvalue weighted by molar-refractivity contribution is 0.426. The molecule has 0 aliphatic rings. The van der Waals surface area contributed by atoms with Crippen molar-refractivity contribution < 1.29 is 0 Å². The molecule has 1 nitrogen and oxygen atoms in total. The topological polar surface area (TPSA) is 12.0 Å². The van der Waals surface area contributed by atoms with Crippen LogP contribution in [0.25, 0.3) is 0 Å². The van der Waals surface area contributed by atoms with Gasteiger partial charge in [-0.2, -0.15) is 0 Å². The molecule has 1 N–H and O–H groups in total. The SMILES string of the molecule is CCCCCCC(C)NCC(C)CC. The van der Waals surface area contributed by atoms with Crippen molar-refractivity contribution in [2.75, 3.05) is 6.54 Å². The van der Waals surface area contributed by atoms with Gasteiger partial charge in [0, 0.05) is 6.04 Å². The minimum atomic E-state index is 0.709. The minimum absolute atomic E-state index is 0.709. The lowest BCUT2D eigenvalue weighted by Gasteiger charge is -2.16. The number of unbranched alkanes of at least 4 members (excludes halogenated alkanes) is 3. The van der Waals surface area contributed by atoms with E-state index >= 15 is 0 Å². The quantitative estimate of drug-likeness (QED) is 0.554. The summed E-state index contributed by atoms with van der Waals surface area (Å²) >= 11 is 0. The van der Waals surface area contributed by atoms with E-state index in [2.05, 4.69) is 33.0 Å². The van der Waals surface area contributed by atoms with Crippen LogP contribution in [0.3, 0.4) is 0 Å². The Morgan fingerprint density at radius 1 is 1.00 bits per heavy atom. The van der Waals surface area contributed by atoms with Gasteiger partial charge in [-0.05, 0) is 25.8 Å². The first-order valence-electron chi connectivity index (χ1n) is 6.44. The fraction of sp³-hybridized carbons (Fsp3) is 1.00. The maximum absolute atomic E-state index is 3.61. The summed E-state index contributed by atoms with van der Waals surface area (Å²) in [4.78, 5) is 0. The molecule has 2 atom stereocenters. The van der Waals surface area contributed by atoms with Crippen LogP contribution >= 0.6 is 0 Å². The molecular weight excluding hydrogens is 170 g/mol. The highest BCUT2D eigenvalue weighted by Gasteiger charge is 2.03. The molecule has 2 unspecified atom stereocenters. The fourth-order valence-corrected chi connectivity index (χ4v) is 1.53. The Bertz CT molecular complexity index is 112. The first-order chi connectivity index (χ1) is 6.70. The van der Waals surface area contributed by atoms with E-state index in [-0.39, 0.29) is 0 Å². The Balaban J connectivity index is 3.23. The molecule has 0 aromatic rings. The van der Waals surface area contributed by atoms with Crippen molar-refractivity contribution >= 4 is 0 Å². The lowest BCUT2D eigenvalue weighted by Crippen LogP contribution is -2.30. The summed E-state index contributed by atoms with van der Waals surface area (Å²) < 4.78 is 0. The smallest absolute Gasteiger partial charge is 0.00388 e. The summed E-state index contributed by atoms with van der Waals surface area (Å²) in [5.41, 5.74) is 0. The molecule has 0 saturated heterocycles. The van der Waals surface area contributed by atoms with Crippen LogP contribution in [0.15, 0.2) is 0 Å². The first-order valence-corrected chi connectivity index (χ1v) is 6.44. The van der Waals surface area contributed by atoms with Crippen molar-refractivity contribution in [2.45, 2.75) is 72.3 Å². The molecule has 14 heavy (non-hydrogen) atoms. The molecule has 1 heteroatoms. The van der Waals surface area contributed by atoms with Crippen molar-refractivity contribution in [3.63, 3.8) is 0 Å². The minimum Gasteiger partial charge on any atom is -0.314 e. The van der Waals surface area contributed by atoms with E-state index < -0.39 is 0 Å². The molecule has 0 heterocycles. The Morgan fingerprint density at radius 2 is 1.71 bits per heavy atom. The van der Waals surface area contributed by atoms with E-state index in [4.69, 9.17) is 0 Å². The fourth-order valence-electron chi connectivity index (χ4n) is 1.53. The van der Waals surface area contributed by atoms with E-state index in [9.17, 15) is 0 Å². The number of nitrogens with one attached hydrogen (secondary N) is 1. The molecule has 86 valence electrons. The van der Waals surface area contributed by atoms with Gasteiger partial charge in [0.2, 0.25) is 0 Å². The normalized spacial score (nSPS) is 15.4. The van der Waals surface area contributed by atoms with Crippen LogP contribution in [0.2, 0.25) is 0 Å². The van der Waals surface area contributed by atoms with Gasteiger partial charge in [0.15, 0.2) is 0 Å². The standard InChI is InChI=1S/C13H29N/c1-5-7-8-9-10-13(4)14-11-12(3)6-2/h12-14H,5-11H2,1-4H3. The number of hydrogen-bond donors (Lipinski definition) is 1. The molecule has 0 aromatic heterocycles. The second-order valence-electron chi connectivity index (χ2n) is 4.67. The highest BCUT2D eigenvalue weighted by Crippen LogP contribution is 2.06. The van der Waals surface area contributed by atoms with Gasteiger partial charge in [-0.25, -0.2) is 0 Å². The zero-order valence-electron chi connectivity index (χ0n) is 10.6. The molecule has 0 spiro atoms. The first kappa shape index (κ1) is 14.0. The van der Waals surface area contributed by atoms with Crippen molar-refractivity contribution in [3.8, 4) is 0 Å². The summed E-state index contributed by atoms with van der Waals surface area (Å²) in [5, 5.41) is 3.61. The Morgan fingerprint density at radius 3 is 2.29 bits per heavy atom. The van der Waals surface area contributed by atoms with E-state index in [0.29, 0.717) is 6.04 Å². The summed E-state index contributed by atoms with van der Waals surface area (Å²) in [6, 6.07) is 0.709. The zero-order valence-corrected chi connectivity index (χ0v) is 10.6. The van der Waals surface area contributed by atoms with Crippen LogP contribution in [0.1, 0.15) is 66.2 Å². The summed E-state index contributed by atoms with van der Waals surface area (Å²) in [6.45, 7) is 10.3. The van der Waals surface area contributed by atoms with E-state index in [1.54, 1.807) is 0 Å². The van der Waals surface area contributed by atoms with Gasteiger partial charge in [0.1, 0.15) is 0 Å². The number of hydrogen-bond acceptors (Lipinski definition) is 1. The molecule has 0 rings (SSSR count). The Labute approximate surface area is 90.7 Å². The van der Waals surface area contributed by atoms with E-state index in [1.165, 1.54) is 45.1 Å². The molecule has 0 fully saturated rings. The van der Waals surface area contributed by atoms with Crippen LogP contribution < -0.4 is 5.32 Å². The second-order valence-corrected chi connectivity index (χ2v) is 4.67. The summed E-state index contributed by atoms with van der Waals surface area (Å²) in [6.07, 6.45) is 8.17. The predicted octanol–water partition coefficient (Wildman–Crippen LogP) is 3.98. The molecule has 0 radical (unpaired) electrons. The second kappa shape index (κ2) is 9.51. The highest BCUT2D eigenvalue weighted by molar-refractivity contribution is 4.63. The molecule has 0 saturated carbocycles. The predicted molar refractivity (Wildman–Crippen MR) is 65.7 cm³/mol. The van der Waals surface area contributed by atoms with Crippen LogP contribution in [0.4, 0.5) is 0 Å². The van der Waals surface area contributed by atoms with Gasteiger partial charge in [-0.3, -0.25) is 0 Å². The van der Waals surface area contributed by atoms with Gasteiger partial charge in [0.05, 0.1) is 0 Å². The van der Waals surface area contributed by atoms with E-state index in [1.807, 2.05) is 0 Å². The average Bonchev–Trinajstić information content (AvgIpc) is 2.21. The van der Waals surface area contributed by atoms with Gasteiger partial charge >= 0.3 is 0 Å². The van der Waals surface area contributed by atoms with E-state index in [0.717, 1.165) is 5.92 Å². The van der Waals surface area contributed by atoms with Crippen LogP contribution in [0, 0.1) is 5.92 Å². The number of rotatable bonds is 9. The van der Waals surface area contributed by atoms with Gasteiger partial charge < -0.3 is 5.32 Å². The largest absolute Gasteiger partial charge is 0.314 e. The average molecular weight is 199 g/mol. The lowest BCUT2D eigenvalue weighted by atomic mass is 10.1. The third-order valence-corrected chi connectivity index (χ3v) is 3.00. The highest BCUT2D eigenvalue weighted by atomic mass is 14.9. The Kier molecular flexibility index (Phi) is 9.49. The van der Waals surface area contributed by atoms with Gasteiger partial charge in [-0.15, -0.1) is 0 Å². The maximum Gasteiger partial charge on any atom is 0.00388 e. The van der Waals surface area contributed by atoms with Crippen LogP contribution in [-0.2, 0) is 0 Å². The van der Waals surface area contributed by atoms with Gasteiger partial charge in [-0.1, -0.05) is 52.9 Å². The third-order valence-electron chi connectivity index (χ3n) is 3.00. The summed E-state index contributed by atoms with van der Waals surface area (Å²) in [7, 11) is 0. The molecule has 0 aliphatic heterocycles. The molecule has 0 amide bonds. The van der Waals surface area contributed by atoms with Crippen molar-refractivity contribution in [1.82, 2.24) is 5.32 Å². The Hall–Kier alpha value is -0.0400. The maximum atomic E-state index is 3.61. The third kappa shape index (κ3) is 8.55. The molecule has 0 bridgehead atoms. The molecular formula is C13H29N. The van der Waals surface area contributed by atoms with Gasteiger partial charge in [0.25, 0.3) is 0 Å². The van der Waals surface area contributed by atoms with Crippen LogP contribution in [0.5, 0.6) is 0 Å². The summed E-state index contributed by atoms with van der Waals surface area (Å²) in [5.74, 6) is 0.827. The van der Waals surface area contributed by atoms with Crippen molar-refractivity contribution in [3.05, 3.63) is 0 Å². The monoisotopic (exact) mass is 199 g/mol.